The number of nitrogens with zero attached hydrogens (tertiary/aromatic N) is 4. The summed E-state index contributed by atoms with van der Waals surface area (Å²) in [6.07, 6.45) is 6.35. The molecule has 5 rings (SSSR count). The number of esters is 1. The fraction of sp³-hybridized carbons (Fsp3) is 0.250. The number of allylic oxidation sites excluding steroid dienone is 1. The Morgan fingerprint density at radius 1 is 1.23 bits per heavy atom. The van der Waals surface area contributed by atoms with Crippen molar-refractivity contribution >= 4 is 51.1 Å². The third-order valence-electron chi connectivity index (χ3n) is 5.99. The maximum atomic E-state index is 13.9. The number of halogens is 1. The second-order valence-corrected chi connectivity index (χ2v) is 11.4. The smallest absolute Gasteiger partial charge is 0.338 e. The summed E-state index contributed by atoms with van der Waals surface area (Å²) in [5, 5.41) is 1.16. The van der Waals surface area contributed by atoms with Gasteiger partial charge >= 0.3 is 5.97 Å². The molecule has 0 saturated carbocycles. The Bertz CT molecular complexity index is 1760. The largest absolute Gasteiger partial charge is 0.496 e. The summed E-state index contributed by atoms with van der Waals surface area (Å²) in [4.78, 5) is 40.9. The van der Waals surface area contributed by atoms with Crippen LogP contribution in [-0.4, -0.2) is 34.2 Å². The van der Waals surface area contributed by atoms with Crippen LogP contribution in [0.5, 0.6) is 5.75 Å². The standard InChI is InChI=1S/C28H25BrN4O5S2/c1-4-7-19-23(26(35)37-5-2)24(16-8-10-20(36-3)18(29)14-16)33-25(34)21(39-28(33)32-19)15-17-9-11-22(38-17)40-27-30-12-6-13-31-27/h6,8-15,24H,4-5,7H2,1-3H3/b21-15+/t24-/m1/s1. The van der Waals surface area contributed by atoms with Crippen molar-refractivity contribution in [2.45, 2.75) is 43.0 Å². The zero-order valence-corrected chi connectivity index (χ0v) is 25.1. The summed E-state index contributed by atoms with van der Waals surface area (Å²) in [7, 11) is 1.58. The van der Waals surface area contributed by atoms with Gasteiger partial charge in [0.15, 0.2) is 15.1 Å². The van der Waals surface area contributed by atoms with Crippen molar-refractivity contribution in [2.75, 3.05) is 13.7 Å². The molecule has 4 heterocycles. The molecule has 0 saturated heterocycles. The predicted octanol–water partition coefficient (Wildman–Crippen LogP) is 4.88. The molecule has 0 amide bonds. The summed E-state index contributed by atoms with van der Waals surface area (Å²) in [6.45, 7) is 3.98. The number of fused-ring (bicyclic) bond motifs is 1. The Kier molecular flexibility index (Phi) is 8.67. The predicted molar refractivity (Wildman–Crippen MR) is 155 cm³/mol. The minimum atomic E-state index is -0.723. The highest BCUT2D eigenvalue weighted by Gasteiger charge is 2.34. The van der Waals surface area contributed by atoms with Crippen LogP contribution in [-0.2, 0) is 9.53 Å². The lowest BCUT2D eigenvalue weighted by Crippen LogP contribution is -2.40. The Labute approximate surface area is 246 Å². The van der Waals surface area contributed by atoms with E-state index in [2.05, 4.69) is 25.9 Å². The number of hydrogen-bond donors (Lipinski definition) is 0. The summed E-state index contributed by atoms with van der Waals surface area (Å²) in [5.41, 5.74) is 1.42. The lowest BCUT2D eigenvalue weighted by Gasteiger charge is -2.26. The molecule has 0 fully saturated rings. The molecule has 0 bridgehead atoms. The monoisotopic (exact) mass is 640 g/mol. The Morgan fingerprint density at radius 3 is 2.73 bits per heavy atom. The van der Waals surface area contributed by atoms with E-state index in [0.717, 1.165) is 12.0 Å². The van der Waals surface area contributed by atoms with E-state index in [1.165, 1.54) is 23.1 Å². The van der Waals surface area contributed by atoms with E-state index in [1.807, 2.05) is 19.1 Å². The van der Waals surface area contributed by atoms with Crippen molar-refractivity contribution in [3.8, 4) is 5.75 Å². The number of benzene rings is 1. The van der Waals surface area contributed by atoms with Crippen LogP contribution >= 0.6 is 39.0 Å². The number of furan rings is 1. The van der Waals surface area contributed by atoms with E-state index >= 15 is 0 Å². The molecule has 0 N–H and O–H groups in total. The van der Waals surface area contributed by atoms with Gasteiger partial charge in [0, 0.05) is 18.5 Å². The first kappa shape index (κ1) is 28.1. The molecule has 0 unspecified atom stereocenters. The molecule has 0 spiro atoms. The lowest BCUT2D eigenvalue weighted by molar-refractivity contribution is -0.139. The van der Waals surface area contributed by atoms with Crippen LogP contribution in [0.3, 0.4) is 0 Å². The summed E-state index contributed by atoms with van der Waals surface area (Å²) in [6, 6.07) is 10.1. The molecule has 1 aliphatic rings. The van der Waals surface area contributed by atoms with Gasteiger partial charge < -0.3 is 13.9 Å². The van der Waals surface area contributed by atoms with Crippen LogP contribution in [0.25, 0.3) is 6.08 Å². The minimum absolute atomic E-state index is 0.206. The van der Waals surface area contributed by atoms with Gasteiger partial charge in [-0.2, -0.15) is 0 Å². The highest BCUT2D eigenvalue weighted by atomic mass is 79.9. The highest BCUT2D eigenvalue weighted by molar-refractivity contribution is 9.10. The molecule has 0 radical (unpaired) electrons. The van der Waals surface area contributed by atoms with Gasteiger partial charge in [-0.05, 0) is 76.9 Å². The second-order valence-electron chi connectivity index (χ2n) is 8.60. The van der Waals surface area contributed by atoms with Gasteiger partial charge in [-0.1, -0.05) is 30.7 Å². The number of ether oxygens (including phenoxy) is 2. The summed E-state index contributed by atoms with van der Waals surface area (Å²) < 4.78 is 19.5. The van der Waals surface area contributed by atoms with Gasteiger partial charge in [-0.15, -0.1) is 0 Å². The van der Waals surface area contributed by atoms with Crippen LogP contribution in [0.4, 0.5) is 0 Å². The van der Waals surface area contributed by atoms with Crippen molar-refractivity contribution in [3.63, 3.8) is 0 Å². The average Bonchev–Trinajstić information content (AvgIpc) is 3.52. The van der Waals surface area contributed by atoms with Gasteiger partial charge in [0.25, 0.3) is 5.56 Å². The van der Waals surface area contributed by atoms with Crippen molar-refractivity contribution < 1.29 is 18.7 Å². The lowest BCUT2D eigenvalue weighted by atomic mass is 9.94. The fourth-order valence-corrected chi connectivity index (χ4v) is 6.55. The maximum Gasteiger partial charge on any atom is 0.338 e. The third kappa shape index (κ3) is 5.70. The molecular weight excluding hydrogens is 616 g/mol. The number of carbonyl (C=O) groups is 1. The van der Waals surface area contributed by atoms with E-state index in [1.54, 1.807) is 61.3 Å². The van der Waals surface area contributed by atoms with Crippen molar-refractivity contribution in [3.05, 3.63) is 95.5 Å². The molecule has 4 aromatic rings. The fourth-order valence-electron chi connectivity index (χ4n) is 4.31. The average molecular weight is 642 g/mol. The van der Waals surface area contributed by atoms with Crippen LogP contribution in [0, 0.1) is 0 Å². The van der Waals surface area contributed by atoms with E-state index in [0.29, 0.717) is 53.3 Å². The van der Waals surface area contributed by atoms with Crippen LogP contribution in [0.1, 0.15) is 44.1 Å². The second kappa shape index (κ2) is 12.4. The first-order chi connectivity index (χ1) is 19.4. The number of carbonyl (C=O) groups excluding carboxylic acids is 1. The van der Waals surface area contributed by atoms with Gasteiger partial charge in [-0.25, -0.2) is 19.8 Å². The van der Waals surface area contributed by atoms with Crippen molar-refractivity contribution in [2.24, 2.45) is 4.99 Å². The molecule has 9 nitrogen and oxygen atoms in total. The van der Waals surface area contributed by atoms with Crippen LogP contribution in [0.15, 0.2) is 89.0 Å². The number of rotatable bonds is 9. The molecule has 1 atom stereocenters. The SMILES string of the molecule is CCCC1=C(C(=O)OCC)[C@@H](c2ccc(OC)c(Br)c2)n2c(s/c(=C/c3ccc(Sc4ncccn4)o3)c2=O)=N1. The first-order valence-electron chi connectivity index (χ1n) is 12.5. The van der Waals surface area contributed by atoms with Gasteiger partial charge in [-0.3, -0.25) is 9.36 Å². The molecule has 1 aromatic carbocycles. The Balaban J connectivity index is 1.64. The molecule has 1 aliphatic heterocycles. The number of thiazole rings is 1. The summed E-state index contributed by atoms with van der Waals surface area (Å²) >= 11 is 6.08. The van der Waals surface area contributed by atoms with Gasteiger partial charge in [0.2, 0.25) is 0 Å². The van der Waals surface area contributed by atoms with E-state index < -0.39 is 12.0 Å². The Hall–Kier alpha value is -3.48. The van der Waals surface area contributed by atoms with E-state index in [9.17, 15) is 9.59 Å². The molecular formula is C28H25BrN4O5S2. The normalized spacial score (nSPS) is 15.1. The zero-order chi connectivity index (χ0) is 28.2. The van der Waals surface area contributed by atoms with Crippen LogP contribution < -0.4 is 19.6 Å². The molecule has 206 valence electrons. The molecule has 3 aromatic heterocycles. The topological polar surface area (TPSA) is 109 Å². The summed E-state index contributed by atoms with van der Waals surface area (Å²) in [5.74, 6) is 0.654. The van der Waals surface area contributed by atoms with Gasteiger partial charge in [0.1, 0.15) is 11.5 Å². The van der Waals surface area contributed by atoms with E-state index in [4.69, 9.17) is 18.9 Å². The van der Waals surface area contributed by atoms with Crippen molar-refractivity contribution in [1.82, 2.24) is 14.5 Å². The van der Waals surface area contributed by atoms with Crippen molar-refractivity contribution in [1.29, 1.82) is 0 Å². The quantitative estimate of drug-likeness (QED) is 0.188. The minimum Gasteiger partial charge on any atom is -0.496 e. The molecule has 40 heavy (non-hydrogen) atoms. The zero-order valence-electron chi connectivity index (χ0n) is 21.9. The van der Waals surface area contributed by atoms with Crippen LogP contribution in [0.2, 0.25) is 0 Å². The third-order valence-corrected chi connectivity index (χ3v) is 8.41. The first-order valence-corrected chi connectivity index (χ1v) is 15.0. The highest BCUT2D eigenvalue weighted by Crippen LogP contribution is 2.36. The Morgan fingerprint density at radius 2 is 2.02 bits per heavy atom. The van der Waals surface area contributed by atoms with Gasteiger partial charge in [0.05, 0.1) is 40.0 Å². The maximum absolute atomic E-state index is 13.9. The number of methoxy groups -OCH3 is 1. The molecule has 0 aliphatic carbocycles. The number of aromatic nitrogens is 3. The molecule has 12 heteroatoms. The van der Waals surface area contributed by atoms with E-state index in [-0.39, 0.29) is 12.2 Å². The number of hydrogen-bond acceptors (Lipinski definition) is 10.